The van der Waals surface area contributed by atoms with E-state index in [0.29, 0.717) is 27.8 Å². The lowest BCUT2D eigenvalue weighted by Crippen LogP contribution is -2.18. The summed E-state index contributed by atoms with van der Waals surface area (Å²) in [4.78, 5) is 16.2. The van der Waals surface area contributed by atoms with Gasteiger partial charge in [-0.05, 0) is 37.1 Å². The average molecular weight is 373 g/mol. The Balaban J connectivity index is 0.00000208. The smallest absolute Gasteiger partial charge is 0.308 e. The topological polar surface area (TPSA) is 71.5 Å². The predicted molar refractivity (Wildman–Crippen MR) is 93.6 cm³/mol. The van der Waals surface area contributed by atoms with E-state index >= 15 is 0 Å². The molecular formula is C16H18ClFN2O3S. The highest BCUT2D eigenvalue weighted by Crippen LogP contribution is 2.32. The van der Waals surface area contributed by atoms with Crippen LogP contribution in [0.25, 0.3) is 11.3 Å². The van der Waals surface area contributed by atoms with Crippen molar-refractivity contribution in [3.05, 3.63) is 35.0 Å². The predicted octanol–water partition coefficient (Wildman–Crippen LogP) is 3.59. The van der Waals surface area contributed by atoms with Crippen molar-refractivity contribution >= 4 is 34.8 Å². The van der Waals surface area contributed by atoms with Crippen molar-refractivity contribution < 1.29 is 19.0 Å². The second kappa shape index (κ2) is 8.41. The molecule has 0 amide bonds. The Kier molecular flexibility index (Phi) is 6.53. The molecule has 0 aliphatic carbocycles. The third-order valence-corrected chi connectivity index (χ3v) is 4.64. The van der Waals surface area contributed by atoms with Crippen LogP contribution in [0.2, 0.25) is 0 Å². The van der Waals surface area contributed by atoms with Gasteiger partial charge < -0.3 is 15.2 Å². The summed E-state index contributed by atoms with van der Waals surface area (Å²) >= 11 is 1.32. The summed E-state index contributed by atoms with van der Waals surface area (Å²) < 4.78 is 18.6. The number of benzene rings is 1. The first-order valence-electron chi connectivity index (χ1n) is 7.45. The summed E-state index contributed by atoms with van der Waals surface area (Å²) in [6.45, 7) is 1.44. The van der Waals surface area contributed by atoms with E-state index in [0.717, 1.165) is 19.4 Å². The number of aromatic nitrogens is 1. The number of rotatable bonds is 6. The lowest BCUT2D eigenvalue weighted by atomic mass is 10.1. The van der Waals surface area contributed by atoms with Crippen molar-refractivity contribution in [2.75, 3.05) is 18.5 Å². The van der Waals surface area contributed by atoms with Crippen molar-refractivity contribution in [1.29, 1.82) is 0 Å². The monoisotopic (exact) mass is 372 g/mol. The second-order valence-corrected chi connectivity index (χ2v) is 6.47. The second-order valence-electron chi connectivity index (χ2n) is 5.38. The number of hydrogen-bond donors (Lipinski definition) is 2. The van der Waals surface area contributed by atoms with Crippen molar-refractivity contribution in [3.8, 4) is 11.3 Å². The van der Waals surface area contributed by atoms with Gasteiger partial charge >= 0.3 is 5.97 Å². The number of thiazole rings is 1. The standard InChI is InChI=1S/C16H17FN2O3S.ClH/c17-11-5-3-10(4-6-11)15-13(8-14(20)21)23-16(19-15)18-9-12-2-1-7-22-12;/h3-6,12H,1-2,7-9H2,(H,18,19)(H,20,21);1H. The van der Waals surface area contributed by atoms with E-state index in [1.54, 1.807) is 12.1 Å². The maximum absolute atomic E-state index is 13.1. The number of ether oxygens (including phenoxy) is 1. The molecule has 24 heavy (non-hydrogen) atoms. The normalized spacial score (nSPS) is 16.6. The lowest BCUT2D eigenvalue weighted by molar-refractivity contribution is -0.136. The fourth-order valence-electron chi connectivity index (χ4n) is 2.52. The summed E-state index contributed by atoms with van der Waals surface area (Å²) in [7, 11) is 0. The maximum atomic E-state index is 13.1. The van der Waals surface area contributed by atoms with Gasteiger partial charge in [0.05, 0.1) is 18.2 Å². The largest absolute Gasteiger partial charge is 0.481 e. The third-order valence-electron chi connectivity index (χ3n) is 3.63. The molecule has 1 unspecified atom stereocenters. The molecule has 1 fully saturated rings. The van der Waals surface area contributed by atoms with Gasteiger partial charge in [-0.15, -0.1) is 23.7 Å². The van der Waals surface area contributed by atoms with E-state index < -0.39 is 5.97 Å². The van der Waals surface area contributed by atoms with E-state index in [4.69, 9.17) is 9.84 Å². The van der Waals surface area contributed by atoms with Crippen LogP contribution in [-0.4, -0.2) is 35.3 Å². The number of aliphatic carboxylic acids is 1. The molecule has 0 spiro atoms. The average Bonchev–Trinajstić information content (AvgIpc) is 3.15. The zero-order chi connectivity index (χ0) is 16.2. The van der Waals surface area contributed by atoms with Gasteiger partial charge in [-0.2, -0.15) is 0 Å². The number of anilines is 1. The van der Waals surface area contributed by atoms with Crippen molar-refractivity contribution in [3.63, 3.8) is 0 Å². The van der Waals surface area contributed by atoms with Crippen LogP contribution in [-0.2, 0) is 16.0 Å². The van der Waals surface area contributed by atoms with E-state index in [1.165, 1.54) is 23.5 Å². The van der Waals surface area contributed by atoms with Crippen LogP contribution >= 0.6 is 23.7 Å². The van der Waals surface area contributed by atoms with Crippen LogP contribution in [0, 0.1) is 5.82 Å². The van der Waals surface area contributed by atoms with Crippen LogP contribution in [0.5, 0.6) is 0 Å². The minimum Gasteiger partial charge on any atom is -0.481 e. The molecule has 0 saturated carbocycles. The number of carbonyl (C=O) groups is 1. The van der Waals surface area contributed by atoms with E-state index in [9.17, 15) is 9.18 Å². The Morgan fingerprint density at radius 1 is 1.42 bits per heavy atom. The molecule has 2 aromatic rings. The van der Waals surface area contributed by atoms with Gasteiger partial charge in [-0.3, -0.25) is 4.79 Å². The first-order valence-corrected chi connectivity index (χ1v) is 8.26. The van der Waals surface area contributed by atoms with Gasteiger partial charge in [0.25, 0.3) is 0 Å². The van der Waals surface area contributed by atoms with Gasteiger partial charge in [0, 0.05) is 23.6 Å². The Morgan fingerprint density at radius 2 is 2.17 bits per heavy atom. The molecule has 1 aliphatic rings. The molecule has 1 saturated heterocycles. The molecular weight excluding hydrogens is 355 g/mol. The number of nitrogens with zero attached hydrogens (tertiary/aromatic N) is 1. The molecule has 1 aromatic carbocycles. The molecule has 5 nitrogen and oxygen atoms in total. The van der Waals surface area contributed by atoms with Gasteiger partial charge in [-0.25, -0.2) is 9.37 Å². The fourth-order valence-corrected chi connectivity index (χ4v) is 3.51. The molecule has 1 atom stereocenters. The summed E-state index contributed by atoms with van der Waals surface area (Å²) in [6.07, 6.45) is 2.16. The van der Waals surface area contributed by atoms with Gasteiger partial charge in [0.15, 0.2) is 5.13 Å². The molecule has 1 aromatic heterocycles. The number of nitrogens with one attached hydrogen (secondary N) is 1. The SMILES string of the molecule is Cl.O=C(O)Cc1sc(NCC2CCCO2)nc1-c1ccc(F)cc1. The molecule has 0 radical (unpaired) electrons. The molecule has 8 heteroatoms. The summed E-state index contributed by atoms with van der Waals surface area (Å²) in [6, 6.07) is 5.91. The van der Waals surface area contributed by atoms with E-state index in [-0.39, 0.29) is 30.7 Å². The number of carboxylic acid groups (broad SMARTS) is 1. The highest BCUT2D eigenvalue weighted by molar-refractivity contribution is 7.16. The zero-order valence-corrected chi connectivity index (χ0v) is 14.5. The number of carboxylic acids is 1. The Labute approximate surface area is 149 Å². The third kappa shape index (κ3) is 4.66. The maximum Gasteiger partial charge on any atom is 0.308 e. The number of halogens is 2. The summed E-state index contributed by atoms with van der Waals surface area (Å²) in [5.41, 5.74) is 1.30. The molecule has 0 bridgehead atoms. The van der Waals surface area contributed by atoms with Gasteiger partial charge in [-0.1, -0.05) is 0 Å². The highest BCUT2D eigenvalue weighted by atomic mass is 35.5. The first kappa shape index (κ1) is 18.6. The molecule has 130 valence electrons. The highest BCUT2D eigenvalue weighted by Gasteiger charge is 2.18. The Bertz CT molecular complexity index is 687. The van der Waals surface area contributed by atoms with Crippen LogP contribution in [0.15, 0.2) is 24.3 Å². The van der Waals surface area contributed by atoms with Crippen LogP contribution in [0.4, 0.5) is 9.52 Å². The van der Waals surface area contributed by atoms with Crippen LogP contribution in [0.1, 0.15) is 17.7 Å². The zero-order valence-electron chi connectivity index (χ0n) is 12.8. The molecule has 2 N–H and O–H groups in total. The summed E-state index contributed by atoms with van der Waals surface area (Å²) in [5, 5.41) is 13.0. The van der Waals surface area contributed by atoms with Crippen LogP contribution in [0.3, 0.4) is 0 Å². The lowest BCUT2D eigenvalue weighted by Gasteiger charge is -2.09. The van der Waals surface area contributed by atoms with E-state index in [1.807, 2.05) is 0 Å². The minimum absolute atomic E-state index is 0. The Hall–Kier alpha value is -1.70. The van der Waals surface area contributed by atoms with Crippen molar-refractivity contribution in [2.24, 2.45) is 0 Å². The summed E-state index contributed by atoms with van der Waals surface area (Å²) in [5.74, 6) is -1.25. The fraction of sp³-hybridized carbons (Fsp3) is 0.375. The molecule has 1 aliphatic heterocycles. The van der Waals surface area contributed by atoms with Crippen LogP contribution < -0.4 is 5.32 Å². The van der Waals surface area contributed by atoms with Crippen molar-refractivity contribution in [1.82, 2.24) is 4.98 Å². The number of hydrogen-bond acceptors (Lipinski definition) is 5. The molecule has 3 rings (SSSR count). The van der Waals surface area contributed by atoms with Gasteiger partial charge in [0.1, 0.15) is 5.82 Å². The molecule has 2 heterocycles. The minimum atomic E-state index is -0.914. The Morgan fingerprint density at radius 3 is 2.79 bits per heavy atom. The van der Waals surface area contributed by atoms with Crippen molar-refractivity contribution in [2.45, 2.75) is 25.4 Å². The van der Waals surface area contributed by atoms with E-state index in [2.05, 4.69) is 10.3 Å². The first-order chi connectivity index (χ1) is 11.1. The quantitative estimate of drug-likeness (QED) is 0.810. The van der Waals surface area contributed by atoms with Gasteiger partial charge in [0.2, 0.25) is 0 Å².